The molecule has 3 nitrogen and oxygen atoms in total. The average Bonchev–Trinajstić information content (AvgIpc) is 2.95. The molecular weight excluding hydrogens is 487 g/mol. The second-order valence-electron chi connectivity index (χ2n) is 9.59. The van der Waals surface area contributed by atoms with Crippen molar-refractivity contribution in [3.8, 4) is 0 Å². The smallest absolute Gasteiger partial charge is 0.107 e. The fourth-order valence-corrected chi connectivity index (χ4v) is 5.74. The highest BCUT2D eigenvalue weighted by Crippen LogP contribution is 2.42. The molecule has 0 fully saturated rings. The Kier molecular flexibility index (Phi) is 9.56. The van der Waals surface area contributed by atoms with E-state index >= 15 is 0 Å². The van der Waals surface area contributed by atoms with Crippen LogP contribution in [-0.2, 0) is 39.3 Å². The van der Waals surface area contributed by atoms with Crippen molar-refractivity contribution in [2.24, 2.45) is 0 Å². The van der Waals surface area contributed by atoms with E-state index in [1.54, 1.807) is 12.2 Å². The van der Waals surface area contributed by atoms with Crippen LogP contribution < -0.4 is 0 Å². The van der Waals surface area contributed by atoms with Gasteiger partial charge in [-0.1, -0.05) is 133 Å². The van der Waals surface area contributed by atoms with Gasteiger partial charge in [0.15, 0.2) is 11.2 Å². The van der Waals surface area contributed by atoms with Gasteiger partial charge in [0.25, 0.3) is 0 Å². The van der Waals surface area contributed by atoms with Gasteiger partial charge in [-0.3, -0.25) is 0 Å². The maximum absolute atomic E-state index is 13.8. The number of hydrogen-bond acceptors (Lipinski definition) is 3. The zero-order chi connectivity index (χ0) is 26.7. The quantitative estimate of drug-likeness (QED) is 0.123. The van der Waals surface area contributed by atoms with Crippen molar-refractivity contribution in [2.75, 3.05) is 0 Å². The zero-order valence-corrected chi connectivity index (χ0v) is 22.5. The molecule has 4 aromatic rings. The second kappa shape index (κ2) is 13.3. The lowest BCUT2D eigenvalue weighted by Crippen LogP contribution is -2.37. The van der Waals surface area contributed by atoms with Crippen LogP contribution in [0.15, 0.2) is 147 Å². The lowest BCUT2D eigenvalue weighted by atomic mass is 9.88. The molecular formula is C34H34O3P+. The fraction of sp³-hybridized carbons (Fsp3) is 0.176. The van der Waals surface area contributed by atoms with Crippen LogP contribution in [0.4, 0.5) is 0 Å². The van der Waals surface area contributed by atoms with E-state index in [2.05, 4.69) is 13.2 Å². The van der Waals surface area contributed by atoms with Crippen molar-refractivity contribution < 1.29 is 13.6 Å². The first-order chi connectivity index (χ1) is 18.5. The van der Waals surface area contributed by atoms with E-state index in [0.717, 1.165) is 22.3 Å². The Morgan fingerprint density at radius 2 is 0.737 bits per heavy atom. The predicted molar refractivity (Wildman–Crippen MR) is 156 cm³/mol. The van der Waals surface area contributed by atoms with Crippen LogP contribution in [-0.4, -0.2) is 11.2 Å². The number of hydrogen-bond donors (Lipinski definition) is 0. The van der Waals surface area contributed by atoms with Gasteiger partial charge in [-0.25, -0.2) is 0 Å². The summed E-state index contributed by atoms with van der Waals surface area (Å²) in [6.45, 7) is 8.20. The Hall–Kier alpha value is -3.62. The highest BCUT2D eigenvalue weighted by Gasteiger charge is 2.46. The lowest BCUT2D eigenvalue weighted by Gasteiger charge is -2.28. The summed E-state index contributed by atoms with van der Waals surface area (Å²) in [6.07, 6.45) is 5.55. The minimum atomic E-state index is -2.55. The third-order valence-electron chi connectivity index (χ3n) is 6.64. The van der Waals surface area contributed by atoms with Gasteiger partial charge < -0.3 is 0 Å². The van der Waals surface area contributed by atoms with Crippen LogP contribution >= 0.6 is 8.25 Å². The van der Waals surface area contributed by atoms with Gasteiger partial charge >= 0.3 is 8.25 Å². The first kappa shape index (κ1) is 27.4. The monoisotopic (exact) mass is 521 g/mol. The molecule has 38 heavy (non-hydrogen) atoms. The van der Waals surface area contributed by atoms with E-state index in [9.17, 15) is 4.57 Å². The normalized spacial score (nSPS) is 11.6. The summed E-state index contributed by atoms with van der Waals surface area (Å²) < 4.78 is 26.5. The van der Waals surface area contributed by atoms with Crippen LogP contribution in [0.5, 0.6) is 0 Å². The van der Waals surface area contributed by atoms with Crippen molar-refractivity contribution in [1.82, 2.24) is 0 Å². The molecule has 0 spiro atoms. The summed E-state index contributed by atoms with van der Waals surface area (Å²) >= 11 is 0. The molecule has 0 aliphatic rings. The summed E-state index contributed by atoms with van der Waals surface area (Å²) in [6, 6.07) is 40.2. The van der Waals surface area contributed by atoms with E-state index in [0.29, 0.717) is 25.7 Å². The van der Waals surface area contributed by atoms with E-state index in [1.807, 2.05) is 121 Å². The van der Waals surface area contributed by atoms with Gasteiger partial charge in [0.05, 0.1) is 0 Å². The Bertz CT molecular complexity index is 1120. The molecule has 0 N–H and O–H groups in total. The summed E-state index contributed by atoms with van der Waals surface area (Å²) in [4.78, 5) is 0. The molecule has 0 unspecified atom stereocenters. The molecule has 0 radical (unpaired) electrons. The second-order valence-corrected chi connectivity index (χ2v) is 10.4. The fourth-order valence-electron chi connectivity index (χ4n) is 4.70. The predicted octanol–water partition coefficient (Wildman–Crippen LogP) is 8.50. The molecule has 0 aliphatic carbocycles. The molecule has 4 heteroatoms. The lowest BCUT2D eigenvalue weighted by molar-refractivity contribution is 0.0558. The van der Waals surface area contributed by atoms with Gasteiger partial charge in [-0.15, -0.1) is 22.2 Å². The van der Waals surface area contributed by atoms with E-state index < -0.39 is 19.5 Å². The van der Waals surface area contributed by atoms with Gasteiger partial charge in [0.2, 0.25) is 0 Å². The SMILES string of the molecule is C=CC(Cc1ccccc1)(Cc1ccccc1)O[P+](=O)OC(C=C)(Cc1ccccc1)Cc1ccccc1. The first-order valence-corrected chi connectivity index (χ1v) is 13.9. The molecule has 4 aromatic carbocycles. The minimum Gasteiger partial charge on any atom is -0.107 e. The molecule has 0 amide bonds. The van der Waals surface area contributed by atoms with Gasteiger partial charge in [-0.2, -0.15) is 0 Å². The summed E-state index contributed by atoms with van der Waals surface area (Å²) in [5, 5.41) is 0. The van der Waals surface area contributed by atoms with E-state index in [4.69, 9.17) is 9.05 Å². The molecule has 0 heterocycles. The summed E-state index contributed by atoms with van der Waals surface area (Å²) in [5.41, 5.74) is 2.40. The van der Waals surface area contributed by atoms with Crippen LogP contribution in [0.1, 0.15) is 22.3 Å². The molecule has 4 rings (SSSR count). The van der Waals surface area contributed by atoms with Crippen molar-refractivity contribution in [3.63, 3.8) is 0 Å². The highest BCUT2D eigenvalue weighted by molar-refractivity contribution is 7.33. The zero-order valence-electron chi connectivity index (χ0n) is 21.6. The van der Waals surface area contributed by atoms with Gasteiger partial charge in [0, 0.05) is 30.2 Å². The Balaban J connectivity index is 1.63. The minimum absolute atomic E-state index is 0.509. The standard InChI is InChI=1S/C34H34O3P/c1-3-33(25-29-17-9-5-10-18-29,26-30-19-11-6-12-20-30)36-38(35)37-34(4-2,27-31-21-13-7-14-22-31)28-32-23-15-8-16-24-32/h3-24H,1-2,25-28H2/q+1. The van der Waals surface area contributed by atoms with Crippen molar-refractivity contribution in [3.05, 3.63) is 169 Å². The van der Waals surface area contributed by atoms with Crippen LogP contribution in [0.25, 0.3) is 0 Å². The largest absolute Gasteiger partial charge is 0.699 e. The Labute approximate surface area is 227 Å². The Morgan fingerprint density at radius 1 is 0.500 bits per heavy atom. The molecule has 0 bridgehead atoms. The summed E-state index contributed by atoms with van der Waals surface area (Å²) in [7, 11) is -2.55. The topological polar surface area (TPSA) is 35.5 Å². The third-order valence-corrected chi connectivity index (χ3v) is 7.67. The van der Waals surface area contributed by atoms with Gasteiger partial charge in [0.1, 0.15) is 0 Å². The number of rotatable bonds is 14. The van der Waals surface area contributed by atoms with Crippen LogP contribution in [0.2, 0.25) is 0 Å². The third kappa shape index (κ3) is 7.69. The maximum Gasteiger partial charge on any atom is 0.699 e. The maximum atomic E-state index is 13.8. The molecule has 0 saturated heterocycles. The van der Waals surface area contributed by atoms with E-state index in [-0.39, 0.29) is 0 Å². The molecule has 192 valence electrons. The van der Waals surface area contributed by atoms with Gasteiger partial charge in [-0.05, 0) is 22.3 Å². The first-order valence-electron chi connectivity index (χ1n) is 12.8. The van der Waals surface area contributed by atoms with E-state index in [1.165, 1.54) is 0 Å². The van der Waals surface area contributed by atoms with Crippen molar-refractivity contribution in [1.29, 1.82) is 0 Å². The van der Waals surface area contributed by atoms with Crippen molar-refractivity contribution >= 4 is 8.25 Å². The molecule has 0 aromatic heterocycles. The van der Waals surface area contributed by atoms with Crippen LogP contribution in [0, 0.1) is 0 Å². The molecule has 0 saturated carbocycles. The molecule has 0 aliphatic heterocycles. The highest BCUT2D eigenvalue weighted by atomic mass is 31.1. The average molecular weight is 522 g/mol. The van der Waals surface area contributed by atoms with Crippen molar-refractivity contribution in [2.45, 2.75) is 36.9 Å². The summed E-state index contributed by atoms with van der Waals surface area (Å²) in [5.74, 6) is 0. The number of benzene rings is 4. The van der Waals surface area contributed by atoms with Crippen LogP contribution in [0.3, 0.4) is 0 Å². The molecule has 0 atom stereocenters. The Morgan fingerprint density at radius 3 is 0.947 bits per heavy atom.